The highest BCUT2D eigenvalue weighted by molar-refractivity contribution is 7.99. The summed E-state index contributed by atoms with van der Waals surface area (Å²) in [5.41, 5.74) is -1.36. The number of hydrogen-bond acceptors (Lipinski definition) is 11. The standard InChI is InChI=1S/C44H47Cl3F3N7O4S3/c1-55(2)19-15-32(27-62-34-11-13-38(46)39(47)23-34)53-40-14-12-35(24-42(40)63(58,59)44(48,49)50)64(60,61)54-43-37-18-22-57(26-41(37)51-28-52-43)33-16-20-56(21-17-33)25-30-5-3-4-6-36(30)29-7-9-31(45)10-8-29/h3-14,23-24,28,32-33,53H,15-22,25-27H2,1-2H3,(H,51,52,54). The molecule has 0 aliphatic carbocycles. The van der Waals surface area contributed by atoms with Gasteiger partial charge in [-0.1, -0.05) is 71.2 Å². The van der Waals surface area contributed by atoms with Gasteiger partial charge in [-0.3, -0.25) is 14.5 Å². The molecule has 2 aliphatic heterocycles. The van der Waals surface area contributed by atoms with Crippen LogP contribution in [0, 0.1) is 0 Å². The summed E-state index contributed by atoms with van der Waals surface area (Å²) in [7, 11) is -7.01. The van der Waals surface area contributed by atoms with Crippen LogP contribution in [0.2, 0.25) is 15.1 Å². The molecule has 342 valence electrons. The van der Waals surface area contributed by atoms with Crippen molar-refractivity contribution in [3.63, 3.8) is 0 Å². The minimum Gasteiger partial charge on any atom is -0.380 e. The van der Waals surface area contributed by atoms with Crippen LogP contribution in [0.15, 0.2) is 106 Å². The quantitative estimate of drug-likeness (QED) is 0.0918. The van der Waals surface area contributed by atoms with Crippen LogP contribution in [0.1, 0.15) is 36.1 Å². The number of halogens is 6. The molecule has 0 saturated carbocycles. The Morgan fingerprint density at radius 1 is 0.891 bits per heavy atom. The number of piperidine rings is 1. The Hall–Kier alpha value is -3.65. The molecule has 7 rings (SSSR count). The molecule has 1 fully saturated rings. The lowest BCUT2D eigenvalue weighted by molar-refractivity contribution is -0.0435. The number of aromatic nitrogens is 2. The topological polar surface area (TPSA) is 128 Å². The zero-order chi connectivity index (χ0) is 45.8. The number of likely N-dealkylation sites (tertiary alicyclic amines) is 1. The van der Waals surface area contributed by atoms with Crippen LogP contribution in [0.5, 0.6) is 0 Å². The van der Waals surface area contributed by atoms with Gasteiger partial charge in [-0.2, -0.15) is 13.2 Å². The number of fused-ring (bicyclic) bond motifs is 1. The highest BCUT2D eigenvalue weighted by atomic mass is 35.5. The average molecular weight is 997 g/mol. The minimum absolute atomic E-state index is 0.00988. The summed E-state index contributed by atoms with van der Waals surface area (Å²) in [6, 6.07) is 23.7. The molecule has 2 aliphatic rings. The molecule has 4 aromatic carbocycles. The van der Waals surface area contributed by atoms with Crippen LogP contribution in [0.25, 0.3) is 11.1 Å². The fourth-order valence-corrected chi connectivity index (χ4v) is 11.5. The molecule has 11 nitrogen and oxygen atoms in total. The molecule has 1 unspecified atom stereocenters. The Labute approximate surface area is 391 Å². The molecule has 0 radical (unpaired) electrons. The third-order valence-electron chi connectivity index (χ3n) is 11.4. The lowest BCUT2D eigenvalue weighted by atomic mass is 9.96. The van der Waals surface area contributed by atoms with E-state index in [4.69, 9.17) is 34.8 Å². The van der Waals surface area contributed by atoms with E-state index in [1.807, 2.05) is 49.3 Å². The van der Waals surface area contributed by atoms with Gasteiger partial charge in [0.25, 0.3) is 19.9 Å². The van der Waals surface area contributed by atoms with Crippen molar-refractivity contribution in [2.75, 3.05) is 56.1 Å². The van der Waals surface area contributed by atoms with E-state index in [-0.39, 0.29) is 17.5 Å². The van der Waals surface area contributed by atoms with Crippen molar-refractivity contribution in [3.05, 3.63) is 123 Å². The lowest BCUT2D eigenvalue weighted by Gasteiger charge is -2.40. The highest BCUT2D eigenvalue weighted by Crippen LogP contribution is 2.38. The van der Waals surface area contributed by atoms with Crippen LogP contribution < -0.4 is 10.0 Å². The van der Waals surface area contributed by atoms with Crippen LogP contribution in [0.4, 0.5) is 24.7 Å². The van der Waals surface area contributed by atoms with Crippen molar-refractivity contribution in [3.8, 4) is 11.1 Å². The van der Waals surface area contributed by atoms with E-state index in [1.54, 1.807) is 18.2 Å². The molecule has 0 spiro atoms. The van der Waals surface area contributed by atoms with Crippen molar-refractivity contribution >= 4 is 77.9 Å². The predicted octanol–water partition coefficient (Wildman–Crippen LogP) is 9.75. The highest BCUT2D eigenvalue weighted by Gasteiger charge is 2.48. The first kappa shape index (κ1) is 48.3. The van der Waals surface area contributed by atoms with E-state index < -0.39 is 41.2 Å². The summed E-state index contributed by atoms with van der Waals surface area (Å²) in [6.45, 7) is 4.19. The number of anilines is 2. The Kier molecular flexibility index (Phi) is 15.4. The Balaban J connectivity index is 1.04. The molecule has 2 N–H and O–H groups in total. The molecule has 1 aromatic heterocycles. The van der Waals surface area contributed by atoms with E-state index in [0.717, 1.165) is 55.1 Å². The molecule has 64 heavy (non-hydrogen) atoms. The molecule has 3 heterocycles. The van der Waals surface area contributed by atoms with Crippen molar-refractivity contribution in [1.29, 1.82) is 0 Å². The fraction of sp³-hybridized carbons (Fsp3) is 0.364. The van der Waals surface area contributed by atoms with E-state index >= 15 is 0 Å². The fourth-order valence-electron chi connectivity index (χ4n) is 7.94. The Morgan fingerprint density at radius 2 is 1.62 bits per heavy atom. The number of sulfone groups is 1. The Bertz CT molecular complexity index is 2670. The first-order valence-electron chi connectivity index (χ1n) is 20.5. The molecule has 1 saturated heterocycles. The molecule has 0 bridgehead atoms. The van der Waals surface area contributed by atoms with Gasteiger partial charge in [0, 0.05) is 53.0 Å². The summed E-state index contributed by atoms with van der Waals surface area (Å²) in [6.07, 6.45) is 3.95. The second-order valence-corrected chi connectivity index (χ2v) is 22.0. The third kappa shape index (κ3) is 11.6. The minimum atomic E-state index is -6.03. The number of sulfonamides is 1. The summed E-state index contributed by atoms with van der Waals surface area (Å²) in [4.78, 5) is 14.2. The zero-order valence-corrected chi connectivity index (χ0v) is 39.7. The largest absolute Gasteiger partial charge is 0.501 e. The van der Waals surface area contributed by atoms with Gasteiger partial charge in [0.15, 0.2) is 0 Å². The van der Waals surface area contributed by atoms with E-state index in [1.165, 1.54) is 29.2 Å². The van der Waals surface area contributed by atoms with E-state index in [2.05, 4.69) is 48.0 Å². The van der Waals surface area contributed by atoms with Crippen LogP contribution in [-0.2, 0) is 39.4 Å². The van der Waals surface area contributed by atoms with E-state index in [0.29, 0.717) is 70.6 Å². The number of rotatable bonds is 16. The summed E-state index contributed by atoms with van der Waals surface area (Å²) in [5.74, 6) is 0.291. The van der Waals surface area contributed by atoms with Gasteiger partial charge in [-0.15, -0.1) is 11.8 Å². The van der Waals surface area contributed by atoms with Gasteiger partial charge in [-0.05, 0) is 125 Å². The number of benzene rings is 4. The predicted molar refractivity (Wildman–Crippen MR) is 250 cm³/mol. The smallest absolute Gasteiger partial charge is 0.380 e. The van der Waals surface area contributed by atoms with Crippen LogP contribution in [0.3, 0.4) is 0 Å². The van der Waals surface area contributed by atoms with Crippen molar-refractivity contribution in [1.82, 2.24) is 24.7 Å². The summed E-state index contributed by atoms with van der Waals surface area (Å²) < 4.78 is 99.0. The van der Waals surface area contributed by atoms with Gasteiger partial charge >= 0.3 is 5.51 Å². The summed E-state index contributed by atoms with van der Waals surface area (Å²) in [5, 5.41) is 4.35. The maximum Gasteiger partial charge on any atom is 0.501 e. The average Bonchev–Trinajstić information content (AvgIpc) is 3.26. The first-order chi connectivity index (χ1) is 30.4. The maximum atomic E-state index is 14.2. The number of nitrogens with one attached hydrogen (secondary N) is 2. The maximum absolute atomic E-state index is 14.2. The number of nitrogens with zero attached hydrogens (tertiary/aromatic N) is 5. The van der Waals surface area contributed by atoms with Gasteiger partial charge in [0.1, 0.15) is 17.0 Å². The zero-order valence-electron chi connectivity index (χ0n) is 35.0. The second kappa shape index (κ2) is 20.5. The second-order valence-electron chi connectivity index (χ2n) is 16.1. The molecule has 20 heteroatoms. The van der Waals surface area contributed by atoms with Gasteiger partial charge in [-0.25, -0.2) is 26.8 Å². The van der Waals surface area contributed by atoms with Crippen molar-refractivity contribution in [2.24, 2.45) is 0 Å². The molecule has 5 aromatic rings. The van der Waals surface area contributed by atoms with Crippen molar-refractivity contribution < 1.29 is 30.0 Å². The first-order valence-corrected chi connectivity index (χ1v) is 25.6. The normalized spacial score (nSPS) is 16.1. The molecular weight excluding hydrogens is 950 g/mol. The van der Waals surface area contributed by atoms with Gasteiger partial charge in [0.05, 0.1) is 26.3 Å². The third-order valence-corrected chi connectivity index (χ3v) is 16.4. The van der Waals surface area contributed by atoms with Gasteiger partial charge in [0.2, 0.25) is 0 Å². The van der Waals surface area contributed by atoms with Crippen LogP contribution in [-0.4, -0.2) is 105 Å². The Morgan fingerprint density at radius 3 is 2.33 bits per heavy atom. The molecule has 1 atom stereocenters. The monoisotopic (exact) mass is 995 g/mol. The number of thioether (sulfide) groups is 1. The molecule has 0 amide bonds. The summed E-state index contributed by atoms with van der Waals surface area (Å²) >= 11 is 19.7. The number of alkyl halides is 3. The lowest BCUT2D eigenvalue weighted by Crippen LogP contribution is -2.46. The van der Waals surface area contributed by atoms with Crippen molar-refractivity contribution in [2.45, 2.75) is 71.1 Å². The van der Waals surface area contributed by atoms with Gasteiger partial charge < -0.3 is 10.2 Å². The molecular formula is C44H47Cl3F3N7O4S3. The van der Waals surface area contributed by atoms with E-state index in [9.17, 15) is 30.0 Å². The SMILES string of the molecule is CN(C)CCC(CSc1ccc(Cl)c(Cl)c1)Nc1ccc(S(=O)(=O)Nc2ncnc3c2CCN(C2CCN(Cc4ccccc4-c4ccc(Cl)cc4)CC2)C3)cc1S(=O)(=O)C(F)(F)F. The number of hydrogen-bond donors (Lipinski definition) is 2. The van der Waals surface area contributed by atoms with Crippen LogP contribution >= 0.6 is 46.6 Å².